The van der Waals surface area contributed by atoms with Crippen molar-refractivity contribution >= 4 is 19.5 Å². The van der Waals surface area contributed by atoms with E-state index in [1.54, 1.807) is 36.4 Å². The molecule has 0 aliphatic heterocycles. The first-order chi connectivity index (χ1) is 18.4. The Labute approximate surface area is 218 Å². The normalized spacial score (nSPS) is 10.5. The van der Waals surface area contributed by atoms with Gasteiger partial charge in [0.05, 0.1) is 5.30 Å². The van der Waals surface area contributed by atoms with Crippen LogP contribution in [0, 0.1) is 23.3 Å². The second-order valence-corrected chi connectivity index (χ2v) is 8.81. The summed E-state index contributed by atoms with van der Waals surface area (Å²) >= 11 is 0. The third kappa shape index (κ3) is 6.47. The maximum atomic E-state index is 13.1. The average molecular weight is 530 g/mol. The molecule has 0 N–H and O–H groups in total. The molecule has 188 valence electrons. The summed E-state index contributed by atoms with van der Waals surface area (Å²) in [6, 6.07) is 28.0. The number of hydrogen-bond donors (Lipinski definition) is 0. The monoisotopic (exact) mass is 530 g/mol. The smallest absolute Gasteiger partial charge is 0.193 e. The van der Waals surface area contributed by atoms with Gasteiger partial charge in [-0.05, 0) is 95.6 Å². The van der Waals surface area contributed by atoms with Crippen molar-refractivity contribution < 1.29 is 26.9 Å². The van der Waals surface area contributed by atoms with Crippen LogP contribution in [-0.2, 0) is 4.57 Å². The summed E-state index contributed by atoms with van der Waals surface area (Å²) < 4.78 is 63.0. The van der Waals surface area contributed by atoms with E-state index in [0.29, 0.717) is 16.4 Å². The third-order valence-electron chi connectivity index (χ3n) is 5.64. The fourth-order valence-electron chi connectivity index (χ4n) is 3.78. The zero-order valence-electron chi connectivity index (χ0n) is 19.7. The van der Waals surface area contributed by atoms with Crippen molar-refractivity contribution in [2.24, 2.45) is 0 Å². The molecule has 7 heteroatoms. The van der Waals surface area contributed by atoms with E-state index in [1.807, 2.05) is 6.07 Å². The lowest BCUT2D eigenvalue weighted by Crippen LogP contribution is -2.01. The Morgan fingerprint density at radius 3 is 1.32 bits per heavy atom. The Morgan fingerprint density at radius 2 is 0.895 bits per heavy atom. The minimum Gasteiger partial charge on any atom is -0.289 e. The molecule has 0 aliphatic carbocycles. The second kappa shape index (κ2) is 12.2. The van der Waals surface area contributed by atoms with Crippen molar-refractivity contribution in [2.75, 3.05) is 0 Å². The van der Waals surface area contributed by atoms with E-state index in [0.717, 1.165) is 22.3 Å². The Kier molecular flexibility index (Phi) is 8.57. The van der Waals surface area contributed by atoms with Gasteiger partial charge in [0.1, 0.15) is 23.3 Å². The van der Waals surface area contributed by atoms with Crippen molar-refractivity contribution in [3.8, 4) is 22.3 Å². The number of ketones is 1. The Bertz CT molecular complexity index is 1500. The molecule has 2 nitrogen and oxygen atoms in total. The first kappa shape index (κ1) is 26.6. The van der Waals surface area contributed by atoms with Crippen LogP contribution in [0.4, 0.5) is 17.6 Å². The summed E-state index contributed by atoms with van der Waals surface area (Å²) in [4.78, 5) is 11.8. The van der Waals surface area contributed by atoms with Crippen LogP contribution >= 0.6 is 8.46 Å². The number of carbonyl (C=O) groups is 1. The molecule has 0 unspecified atom stereocenters. The molecule has 0 spiro atoms. The van der Waals surface area contributed by atoms with Crippen LogP contribution in [0.25, 0.3) is 22.3 Å². The standard InChI is InChI=1S/C18H11F2OP.C13H8F2O/c19-14-8-4-12(5-9-14)16-2-1-3-17(22-21)18(16)13-6-10-15(20)11-7-13;14-11-5-1-9(2-6-11)13(16)10-3-7-12(15)8-4-10/h1-11H;1-8H. The van der Waals surface area contributed by atoms with Gasteiger partial charge in [0.15, 0.2) is 14.2 Å². The summed E-state index contributed by atoms with van der Waals surface area (Å²) in [5.41, 5.74) is 3.92. The second-order valence-electron chi connectivity index (χ2n) is 8.15. The van der Waals surface area contributed by atoms with E-state index in [4.69, 9.17) is 0 Å². The SMILES string of the molecule is O=C(c1ccc(F)cc1)c1ccc(F)cc1.O=Pc1cccc(-c2ccc(F)cc2)c1-c1ccc(F)cc1. The predicted molar refractivity (Wildman–Crippen MR) is 141 cm³/mol. The van der Waals surface area contributed by atoms with Crippen molar-refractivity contribution in [3.05, 3.63) is 150 Å². The fraction of sp³-hybridized carbons (Fsp3) is 0. The molecule has 0 aromatic heterocycles. The van der Waals surface area contributed by atoms with Gasteiger partial charge in [-0.3, -0.25) is 9.36 Å². The molecule has 0 saturated carbocycles. The summed E-state index contributed by atoms with van der Waals surface area (Å²) in [6.45, 7) is 0. The number of carbonyl (C=O) groups excluding carboxylic acids is 1. The van der Waals surface area contributed by atoms with Gasteiger partial charge in [0.2, 0.25) is 0 Å². The maximum absolute atomic E-state index is 13.1. The first-order valence-electron chi connectivity index (χ1n) is 11.4. The van der Waals surface area contributed by atoms with Gasteiger partial charge in [0.25, 0.3) is 0 Å². The van der Waals surface area contributed by atoms with Gasteiger partial charge >= 0.3 is 0 Å². The molecule has 0 fully saturated rings. The van der Waals surface area contributed by atoms with E-state index in [1.165, 1.54) is 72.8 Å². The van der Waals surface area contributed by atoms with Crippen LogP contribution < -0.4 is 5.30 Å². The number of rotatable bonds is 5. The fourth-order valence-corrected chi connectivity index (χ4v) is 4.26. The van der Waals surface area contributed by atoms with Crippen molar-refractivity contribution in [2.45, 2.75) is 0 Å². The highest BCUT2D eigenvalue weighted by Crippen LogP contribution is 2.32. The van der Waals surface area contributed by atoms with Crippen molar-refractivity contribution in [1.82, 2.24) is 0 Å². The van der Waals surface area contributed by atoms with E-state index in [9.17, 15) is 26.9 Å². The molecule has 5 rings (SSSR count). The van der Waals surface area contributed by atoms with Crippen LogP contribution in [0.5, 0.6) is 0 Å². The molecule has 0 aliphatic rings. The highest BCUT2D eigenvalue weighted by molar-refractivity contribution is 7.34. The van der Waals surface area contributed by atoms with Crippen LogP contribution in [0.15, 0.2) is 115 Å². The quantitative estimate of drug-likeness (QED) is 0.130. The molecule has 0 atom stereocenters. The van der Waals surface area contributed by atoms with E-state index in [2.05, 4.69) is 0 Å². The van der Waals surface area contributed by atoms with Gasteiger partial charge < -0.3 is 0 Å². The van der Waals surface area contributed by atoms with Gasteiger partial charge in [-0.2, -0.15) is 0 Å². The lowest BCUT2D eigenvalue weighted by atomic mass is 9.94. The van der Waals surface area contributed by atoms with Crippen LogP contribution in [0.1, 0.15) is 15.9 Å². The highest BCUT2D eigenvalue weighted by Gasteiger charge is 2.13. The molecule has 0 bridgehead atoms. The van der Waals surface area contributed by atoms with E-state index >= 15 is 0 Å². The molecule has 0 amide bonds. The summed E-state index contributed by atoms with van der Waals surface area (Å²) in [6.07, 6.45) is 0. The number of hydrogen-bond acceptors (Lipinski definition) is 2. The molecule has 38 heavy (non-hydrogen) atoms. The zero-order valence-corrected chi connectivity index (χ0v) is 20.6. The molecule has 0 heterocycles. The van der Waals surface area contributed by atoms with Crippen LogP contribution in [-0.4, -0.2) is 5.78 Å². The molecular weight excluding hydrogens is 511 g/mol. The molecule has 0 saturated heterocycles. The Morgan fingerprint density at radius 1 is 0.500 bits per heavy atom. The van der Waals surface area contributed by atoms with Crippen LogP contribution in [0.3, 0.4) is 0 Å². The average Bonchev–Trinajstić information content (AvgIpc) is 2.94. The number of benzene rings is 5. The Hall–Kier alpha value is -4.41. The molecule has 5 aromatic carbocycles. The van der Waals surface area contributed by atoms with Gasteiger partial charge in [-0.1, -0.05) is 36.4 Å². The van der Waals surface area contributed by atoms with Crippen molar-refractivity contribution in [3.63, 3.8) is 0 Å². The van der Waals surface area contributed by atoms with Gasteiger partial charge in [-0.15, -0.1) is 0 Å². The molecular formula is C31H19F4O2P. The first-order valence-corrected chi connectivity index (χ1v) is 12.2. The third-order valence-corrected chi connectivity index (χ3v) is 6.21. The highest BCUT2D eigenvalue weighted by atomic mass is 31.1. The van der Waals surface area contributed by atoms with Gasteiger partial charge in [0, 0.05) is 16.7 Å². The van der Waals surface area contributed by atoms with E-state index < -0.39 is 11.6 Å². The number of halogens is 4. The van der Waals surface area contributed by atoms with Crippen LogP contribution in [0.2, 0.25) is 0 Å². The van der Waals surface area contributed by atoms with Crippen molar-refractivity contribution in [1.29, 1.82) is 0 Å². The summed E-state index contributed by atoms with van der Waals surface area (Å²) in [5.74, 6) is -1.68. The topological polar surface area (TPSA) is 34.1 Å². The minimum absolute atomic E-state index is 0.119. The van der Waals surface area contributed by atoms with E-state index in [-0.39, 0.29) is 25.9 Å². The molecule has 0 radical (unpaired) electrons. The lowest BCUT2D eigenvalue weighted by molar-refractivity contribution is 0.103. The zero-order chi connectivity index (χ0) is 27.1. The predicted octanol–water partition coefficient (Wildman–Crippen LogP) is 8.41. The summed E-state index contributed by atoms with van der Waals surface area (Å²) in [5, 5.41) is 0.605. The lowest BCUT2D eigenvalue weighted by Gasteiger charge is -2.12. The Balaban J connectivity index is 0.000000186. The van der Waals surface area contributed by atoms with Gasteiger partial charge in [-0.25, -0.2) is 17.6 Å². The summed E-state index contributed by atoms with van der Waals surface area (Å²) in [7, 11) is -0.119. The maximum Gasteiger partial charge on any atom is 0.193 e. The minimum atomic E-state index is -0.393. The largest absolute Gasteiger partial charge is 0.289 e. The molecule has 5 aromatic rings.